The first kappa shape index (κ1) is 22.3. The molecule has 4 rings (SSSR count). The molecule has 168 valence electrons. The molecule has 2 atom stereocenters. The van der Waals surface area contributed by atoms with Crippen LogP contribution in [0.1, 0.15) is 80.3 Å². The zero-order valence-corrected chi connectivity index (χ0v) is 19.0. The molecule has 5 nitrogen and oxygen atoms in total. The number of benzene rings is 2. The maximum absolute atomic E-state index is 13.6. The third kappa shape index (κ3) is 5.45. The average molecular weight is 432 g/mol. The minimum atomic E-state index is -0.106. The van der Waals surface area contributed by atoms with Crippen molar-refractivity contribution in [3.63, 3.8) is 0 Å². The van der Waals surface area contributed by atoms with Gasteiger partial charge in [0.1, 0.15) is 6.04 Å². The van der Waals surface area contributed by atoms with Gasteiger partial charge in [-0.25, -0.2) is 0 Å². The van der Waals surface area contributed by atoms with Crippen LogP contribution in [-0.4, -0.2) is 27.5 Å². The minimum absolute atomic E-state index is 0.106. The molecule has 0 radical (unpaired) electrons. The van der Waals surface area contributed by atoms with E-state index in [9.17, 15) is 4.79 Å². The van der Waals surface area contributed by atoms with Crippen molar-refractivity contribution in [1.82, 2.24) is 15.0 Å². The summed E-state index contributed by atoms with van der Waals surface area (Å²) < 4.78 is 5.64. The summed E-state index contributed by atoms with van der Waals surface area (Å²) >= 11 is 0. The van der Waals surface area contributed by atoms with Crippen LogP contribution in [0.5, 0.6) is 0 Å². The van der Waals surface area contributed by atoms with Crippen molar-refractivity contribution in [2.24, 2.45) is 0 Å². The summed E-state index contributed by atoms with van der Waals surface area (Å²) in [5, 5.41) is 4.21. The Hall–Kier alpha value is -2.95. The third-order valence-corrected chi connectivity index (χ3v) is 6.36. The van der Waals surface area contributed by atoms with E-state index in [-0.39, 0.29) is 17.9 Å². The van der Waals surface area contributed by atoms with Crippen LogP contribution in [0.2, 0.25) is 0 Å². The molecule has 0 N–H and O–H groups in total. The Kier molecular flexibility index (Phi) is 7.70. The molecule has 2 aromatic carbocycles. The highest BCUT2D eigenvalue weighted by Crippen LogP contribution is 2.35. The second-order valence-electron chi connectivity index (χ2n) is 8.68. The number of hydrogen-bond acceptors (Lipinski definition) is 4. The molecule has 1 unspecified atom stereocenters. The molecule has 1 aliphatic heterocycles. The lowest BCUT2D eigenvalue weighted by atomic mass is 9.92. The molecule has 1 amide bonds. The number of hydrogen-bond donors (Lipinski definition) is 0. The monoisotopic (exact) mass is 431 g/mol. The fraction of sp³-hybridized carbons (Fsp3) is 0.444. The van der Waals surface area contributed by atoms with Crippen molar-refractivity contribution >= 4 is 5.91 Å². The Labute approximate surface area is 190 Å². The number of nitrogens with zero attached hydrogens (tertiary/aromatic N) is 3. The number of unbranched alkanes of at least 4 members (excludes halogenated alkanes) is 1. The van der Waals surface area contributed by atoms with Gasteiger partial charge in [-0.1, -0.05) is 85.6 Å². The molecule has 0 spiro atoms. The van der Waals surface area contributed by atoms with Gasteiger partial charge in [-0.15, -0.1) is 0 Å². The van der Waals surface area contributed by atoms with Crippen LogP contribution in [0.4, 0.5) is 0 Å². The predicted octanol–water partition coefficient (Wildman–Crippen LogP) is 5.88. The Balaban J connectivity index is 1.41. The number of amides is 1. The van der Waals surface area contributed by atoms with Crippen molar-refractivity contribution in [1.29, 1.82) is 0 Å². The first-order valence-corrected chi connectivity index (χ1v) is 12.0. The van der Waals surface area contributed by atoms with Gasteiger partial charge in [0.2, 0.25) is 11.8 Å². The van der Waals surface area contributed by atoms with Crippen LogP contribution < -0.4 is 0 Å². The molecular weight excluding hydrogens is 398 g/mol. The molecule has 0 bridgehead atoms. The normalized spacial score (nSPS) is 16.9. The maximum atomic E-state index is 13.6. The lowest BCUT2D eigenvalue weighted by Gasteiger charge is -2.27. The van der Waals surface area contributed by atoms with E-state index in [0.29, 0.717) is 5.89 Å². The lowest BCUT2D eigenvalue weighted by Crippen LogP contribution is -2.35. The second-order valence-corrected chi connectivity index (χ2v) is 8.68. The van der Waals surface area contributed by atoms with E-state index in [2.05, 4.69) is 53.5 Å². The standard InChI is InChI=1S/C27H33N3O2/c1-2-3-17-23(22-15-8-5-9-16-22)27(31)30-20-11-18-24(30)26-28-25(29-32-26)19-10-14-21-12-6-4-7-13-21/h4-9,12-13,15-16,23-24H,2-3,10-11,14,17-20H2,1H3/t23-,24?/m0/s1. The Bertz CT molecular complexity index is 971. The highest BCUT2D eigenvalue weighted by atomic mass is 16.5. The van der Waals surface area contributed by atoms with Crippen LogP contribution in [0.25, 0.3) is 0 Å². The van der Waals surface area contributed by atoms with Gasteiger partial charge >= 0.3 is 0 Å². The van der Waals surface area contributed by atoms with Gasteiger partial charge in [-0.2, -0.15) is 4.98 Å². The Morgan fingerprint density at radius 3 is 2.56 bits per heavy atom. The van der Waals surface area contributed by atoms with Gasteiger partial charge in [0.25, 0.3) is 0 Å². The maximum Gasteiger partial charge on any atom is 0.249 e. The molecule has 0 aliphatic carbocycles. The van der Waals surface area contributed by atoms with Crippen molar-refractivity contribution in [3.8, 4) is 0 Å². The SMILES string of the molecule is CCCC[C@H](C(=O)N1CCCC1c1nc(CCCc2ccccc2)no1)c1ccccc1. The summed E-state index contributed by atoms with van der Waals surface area (Å²) in [5.41, 5.74) is 2.42. The van der Waals surface area contributed by atoms with Crippen LogP contribution in [0.15, 0.2) is 65.2 Å². The number of carbonyl (C=O) groups excluding carboxylic acids is 1. The molecule has 32 heavy (non-hydrogen) atoms. The average Bonchev–Trinajstić information content (AvgIpc) is 3.50. The summed E-state index contributed by atoms with van der Waals surface area (Å²) in [6, 6.07) is 20.5. The van der Waals surface area contributed by atoms with E-state index in [0.717, 1.165) is 69.3 Å². The predicted molar refractivity (Wildman–Crippen MR) is 125 cm³/mol. The van der Waals surface area contributed by atoms with Crippen molar-refractivity contribution in [2.45, 2.75) is 70.3 Å². The first-order valence-electron chi connectivity index (χ1n) is 12.0. The lowest BCUT2D eigenvalue weighted by molar-refractivity contribution is -0.134. The molecule has 5 heteroatoms. The third-order valence-electron chi connectivity index (χ3n) is 6.36. The molecule has 1 fully saturated rings. The number of aryl methyl sites for hydroxylation is 2. The second kappa shape index (κ2) is 11.1. The molecule has 1 aromatic heterocycles. The smallest absolute Gasteiger partial charge is 0.249 e. The van der Waals surface area contributed by atoms with Gasteiger partial charge in [0.05, 0.1) is 5.92 Å². The molecule has 1 aliphatic rings. The molecule has 2 heterocycles. The Morgan fingerprint density at radius 1 is 1.06 bits per heavy atom. The van der Waals surface area contributed by atoms with Crippen molar-refractivity contribution in [3.05, 3.63) is 83.5 Å². The van der Waals surface area contributed by atoms with Gasteiger partial charge in [-0.05, 0) is 43.2 Å². The van der Waals surface area contributed by atoms with Crippen molar-refractivity contribution in [2.75, 3.05) is 6.54 Å². The summed E-state index contributed by atoms with van der Waals surface area (Å²) in [7, 11) is 0. The zero-order valence-electron chi connectivity index (χ0n) is 19.0. The largest absolute Gasteiger partial charge is 0.337 e. The number of aromatic nitrogens is 2. The summed E-state index contributed by atoms with van der Waals surface area (Å²) in [5.74, 6) is 1.41. The van der Waals surface area contributed by atoms with Gasteiger partial charge in [-0.3, -0.25) is 4.79 Å². The molecule has 1 saturated heterocycles. The minimum Gasteiger partial charge on any atom is -0.337 e. The molecule has 0 saturated carbocycles. The molecule has 3 aromatic rings. The Morgan fingerprint density at radius 2 is 1.81 bits per heavy atom. The van der Waals surface area contributed by atoms with Crippen LogP contribution in [0.3, 0.4) is 0 Å². The number of likely N-dealkylation sites (tertiary alicyclic amines) is 1. The van der Waals surface area contributed by atoms with Crippen LogP contribution >= 0.6 is 0 Å². The van der Waals surface area contributed by atoms with E-state index >= 15 is 0 Å². The van der Waals surface area contributed by atoms with E-state index in [4.69, 9.17) is 4.52 Å². The quantitative estimate of drug-likeness (QED) is 0.402. The van der Waals surface area contributed by atoms with E-state index in [1.807, 2.05) is 29.2 Å². The van der Waals surface area contributed by atoms with E-state index in [1.165, 1.54) is 5.56 Å². The van der Waals surface area contributed by atoms with Crippen LogP contribution in [-0.2, 0) is 17.6 Å². The topological polar surface area (TPSA) is 59.2 Å². The fourth-order valence-corrected chi connectivity index (χ4v) is 4.61. The van der Waals surface area contributed by atoms with Gasteiger partial charge in [0.15, 0.2) is 5.82 Å². The van der Waals surface area contributed by atoms with E-state index < -0.39 is 0 Å². The fourth-order valence-electron chi connectivity index (χ4n) is 4.61. The highest BCUT2D eigenvalue weighted by molar-refractivity contribution is 5.84. The van der Waals surface area contributed by atoms with Crippen LogP contribution in [0, 0.1) is 0 Å². The number of carbonyl (C=O) groups is 1. The summed E-state index contributed by atoms with van der Waals surface area (Å²) in [4.78, 5) is 20.3. The van der Waals surface area contributed by atoms with Gasteiger partial charge in [0, 0.05) is 13.0 Å². The zero-order chi connectivity index (χ0) is 22.2. The summed E-state index contributed by atoms with van der Waals surface area (Å²) in [6.07, 6.45) is 7.59. The first-order chi connectivity index (χ1) is 15.8. The van der Waals surface area contributed by atoms with Gasteiger partial charge < -0.3 is 9.42 Å². The molecular formula is C27H33N3O2. The highest BCUT2D eigenvalue weighted by Gasteiger charge is 2.37. The summed E-state index contributed by atoms with van der Waals surface area (Å²) in [6.45, 7) is 2.92. The van der Waals surface area contributed by atoms with E-state index in [1.54, 1.807) is 0 Å². The number of rotatable bonds is 10. The van der Waals surface area contributed by atoms with Crippen molar-refractivity contribution < 1.29 is 9.32 Å².